The normalized spacial score (nSPS) is 21.8. The fourth-order valence-corrected chi connectivity index (χ4v) is 5.59. The molecule has 216 valence electrons. The molecule has 0 bridgehead atoms. The van der Waals surface area contributed by atoms with Crippen LogP contribution in [0.4, 0.5) is 23.4 Å². The zero-order valence-electron chi connectivity index (χ0n) is 23.4. The van der Waals surface area contributed by atoms with Crippen LogP contribution in [-0.4, -0.2) is 58.4 Å². The van der Waals surface area contributed by atoms with Crippen molar-refractivity contribution in [1.29, 1.82) is 0 Å². The summed E-state index contributed by atoms with van der Waals surface area (Å²) in [6.07, 6.45) is 2.22. The lowest BCUT2D eigenvalue weighted by Crippen LogP contribution is -2.41. The molecule has 3 aromatic rings. The standard InChI is InChI=1S/C29H34F4N4O3/c1-14(18-8-7-9-20(23(18)30)29(32,33)28(3,4)38)34-27-19-12-22(40-13-17-10-16-11-21(16)37(17)5)26(39-6)24(31)25(19)35-15(2)36-27/h7-9,12,14,16-17,21,38H,10-11,13H2,1-6H3,(H,34,35,36)/t14-,16?,17+,21?/m1/s1. The van der Waals surface area contributed by atoms with Gasteiger partial charge < -0.3 is 19.9 Å². The smallest absolute Gasteiger partial charge is 0.303 e. The lowest BCUT2D eigenvalue weighted by Gasteiger charge is -2.30. The second-order valence-electron chi connectivity index (χ2n) is 11.4. The van der Waals surface area contributed by atoms with Gasteiger partial charge in [0.05, 0.1) is 18.7 Å². The summed E-state index contributed by atoms with van der Waals surface area (Å²) < 4.78 is 72.2. The van der Waals surface area contributed by atoms with Crippen molar-refractivity contribution in [2.45, 2.75) is 70.2 Å². The second-order valence-corrected chi connectivity index (χ2v) is 11.4. The van der Waals surface area contributed by atoms with E-state index in [4.69, 9.17) is 9.47 Å². The van der Waals surface area contributed by atoms with Crippen molar-refractivity contribution in [3.63, 3.8) is 0 Å². The highest BCUT2D eigenvalue weighted by Crippen LogP contribution is 2.47. The van der Waals surface area contributed by atoms with Crippen molar-refractivity contribution < 1.29 is 32.1 Å². The number of likely N-dealkylation sites (tertiary alicyclic amines) is 1. The molecule has 1 aromatic heterocycles. The monoisotopic (exact) mass is 562 g/mol. The number of piperidine rings is 1. The number of anilines is 1. The van der Waals surface area contributed by atoms with Gasteiger partial charge >= 0.3 is 5.92 Å². The van der Waals surface area contributed by atoms with E-state index in [9.17, 15) is 13.9 Å². The molecule has 0 spiro atoms. The zero-order valence-corrected chi connectivity index (χ0v) is 23.4. The fraction of sp³-hybridized carbons (Fsp3) is 0.517. The van der Waals surface area contributed by atoms with Gasteiger partial charge in [0.2, 0.25) is 0 Å². The van der Waals surface area contributed by atoms with Crippen LogP contribution in [0.25, 0.3) is 10.9 Å². The molecule has 5 rings (SSSR count). The minimum absolute atomic E-state index is 0.0200. The Morgan fingerprint density at radius 3 is 2.52 bits per heavy atom. The molecule has 1 aliphatic heterocycles. The van der Waals surface area contributed by atoms with Gasteiger partial charge in [-0.15, -0.1) is 0 Å². The topological polar surface area (TPSA) is 79.7 Å². The van der Waals surface area contributed by atoms with Gasteiger partial charge in [0.25, 0.3) is 0 Å². The third-order valence-corrected chi connectivity index (χ3v) is 8.11. The molecule has 4 atom stereocenters. The molecular formula is C29H34F4N4O3. The van der Waals surface area contributed by atoms with Crippen molar-refractivity contribution in [3.05, 3.63) is 52.9 Å². The minimum atomic E-state index is -3.84. The van der Waals surface area contributed by atoms with E-state index in [1.807, 2.05) is 0 Å². The van der Waals surface area contributed by atoms with Crippen molar-refractivity contribution in [1.82, 2.24) is 14.9 Å². The molecule has 2 fully saturated rings. The van der Waals surface area contributed by atoms with Gasteiger partial charge in [-0.25, -0.2) is 18.7 Å². The average molecular weight is 563 g/mol. The van der Waals surface area contributed by atoms with Crippen LogP contribution in [0.1, 0.15) is 56.6 Å². The first kappa shape index (κ1) is 28.4. The number of aliphatic hydroxyl groups is 1. The minimum Gasteiger partial charge on any atom is -0.490 e. The number of halogens is 4. The predicted octanol–water partition coefficient (Wildman–Crippen LogP) is 5.73. The van der Waals surface area contributed by atoms with E-state index in [1.165, 1.54) is 25.7 Å². The Morgan fingerprint density at radius 2 is 1.90 bits per heavy atom. The van der Waals surface area contributed by atoms with Gasteiger partial charge in [0.15, 0.2) is 17.3 Å². The second kappa shape index (κ2) is 10.0. The Bertz CT molecular complexity index is 1450. The number of aromatic nitrogens is 2. The van der Waals surface area contributed by atoms with Crippen LogP contribution < -0.4 is 14.8 Å². The first-order chi connectivity index (χ1) is 18.7. The van der Waals surface area contributed by atoms with Crippen molar-refractivity contribution in [2.24, 2.45) is 5.92 Å². The Labute approximate surface area is 230 Å². The number of ether oxygens (including phenoxy) is 2. The van der Waals surface area contributed by atoms with Crippen LogP contribution in [0.2, 0.25) is 0 Å². The summed E-state index contributed by atoms with van der Waals surface area (Å²) in [5.74, 6) is -4.51. The van der Waals surface area contributed by atoms with Crippen molar-refractivity contribution in [2.75, 3.05) is 26.1 Å². The van der Waals surface area contributed by atoms with Gasteiger partial charge in [-0.2, -0.15) is 8.78 Å². The molecule has 2 aromatic carbocycles. The van der Waals surface area contributed by atoms with Gasteiger partial charge in [-0.05, 0) is 65.6 Å². The van der Waals surface area contributed by atoms with E-state index in [0.717, 1.165) is 26.3 Å². The highest BCUT2D eigenvalue weighted by Gasteiger charge is 2.50. The first-order valence-corrected chi connectivity index (χ1v) is 13.3. The van der Waals surface area contributed by atoms with Crippen LogP contribution in [0.3, 0.4) is 0 Å². The quantitative estimate of drug-likeness (QED) is 0.323. The zero-order chi connectivity index (χ0) is 29.1. The number of hydrogen-bond donors (Lipinski definition) is 2. The number of nitrogens with zero attached hydrogens (tertiary/aromatic N) is 3. The van der Waals surface area contributed by atoms with Crippen molar-refractivity contribution in [3.8, 4) is 11.5 Å². The molecule has 1 saturated heterocycles. The van der Waals surface area contributed by atoms with Gasteiger partial charge in [-0.3, -0.25) is 4.90 Å². The number of rotatable bonds is 9. The average Bonchev–Trinajstić information content (AvgIpc) is 3.58. The highest BCUT2D eigenvalue weighted by atomic mass is 19.3. The summed E-state index contributed by atoms with van der Waals surface area (Å²) >= 11 is 0. The van der Waals surface area contributed by atoms with Crippen LogP contribution in [0.15, 0.2) is 24.3 Å². The molecule has 0 radical (unpaired) electrons. The highest BCUT2D eigenvalue weighted by molar-refractivity contribution is 5.92. The lowest BCUT2D eigenvalue weighted by molar-refractivity contribution is -0.170. The number of aryl methyl sites for hydroxylation is 1. The number of benzene rings is 2. The first-order valence-electron chi connectivity index (χ1n) is 13.3. The Morgan fingerprint density at radius 1 is 1.18 bits per heavy atom. The summed E-state index contributed by atoms with van der Waals surface area (Å²) in [5.41, 5.74) is -3.49. The lowest BCUT2D eigenvalue weighted by atomic mass is 9.91. The molecule has 40 heavy (non-hydrogen) atoms. The third-order valence-electron chi connectivity index (χ3n) is 8.11. The summed E-state index contributed by atoms with van der Waals surface area (Å²) in [4.78, 5) is 10.9. The number of hydrogen-bond acceptors (Lipinski definition) is 7. The number of nitrogens with one attached hydrogen (secondary N) is 1. The van der Waals surface area contributed by atoms with E-state index in [-0.39, 0.29) is 45.6 Å². The third kappa shape index (κ3) is 4.83. The molecule has 2 unspecified atom stereocenters. The molecule has 11 heteroatoms. The molecule has 2 N–H and O–H groups in total. The van der Waals surface area contributed by atoms with Crippen LogP contribution in [0, 0.1) is 24.5 Å². The molecule has 0 amide bonds. The summed E-state index contributed by atoms with van der Waals surface area (Å²) in [7, 11) is 3.41. The van der Waals surface area contributed by atoms with E-state index in [0.29, 0.717) is 18.6 Å². The van der Waals surface area contributed by atoms with Gasteiger partial charge in [0, 0.05) is 23.0 Å². The maximum Gasteiger partial charge on any atom is 0.303 e. The Balaban J connectivity index is 1.49. The van der Waals surface area contributed by atoms with Crippen LogP contribution in [-0.2, 0) is 5.92 Å². The largest absolute Gasteiger partial charge is 0.490 e. The Hall–Kier alpha value is -3.18. The number of methoxy groups -OCH3 is 1. The van der Waals surface area contributed by atoms with E-state index in [2.05, 4.69) is 27.2 Å². The summed E-state index contributed by atoms with van der Waals surface area (Å²) in [5, 5.41) is 13.3. The molecular weight excluding hydrogens is 528 g/mol. The van der Waals surface area contributed by atoms with E-state index >= 15 is 8.78 Å². The Kier molecular flexibility index (Phi) is 7.11. The van der Waals surface area contributed by atoms with Crippen LogP contribution >= 0.6 is 0 Å². The maximum atomic E-state index is 15.7. The van der Waals surface area contributed by atoms with Gasteiger partial charge in [-0.1, -0.05) is 12.1 Å². The van der Waals surface area contributed by atoms with E-state index in [1.54, 1.807) is 19.9 Å². The molecule has 1 saturated carbocycles. The van der Waals surface area contributed by atoms with Crippen LogP contribution in [0.5, 0.6) is 11.5 Å². The summed E-state index contributed by atoms with van der Waals surface area (Å²) in [6.45, 7) is 5.35. The van der Waals surface area contributed by atoms with Gasteiger partial charge in [0.1, 0.15) is 35.2 Å². The molecule has 1 aliphatic carbocycles. The maximum absolute atomic E-state index is 15.7. The summed E-state index contributed by atoms with van der Waals surface area (Å²) in [6, 6.07) is 5.13. The number of likely N-dealkylation sites (N-methyl/N-ethyl adjacent to an activating group) is 1. The number of fused-ring (bicyclic) bond motifs is 2. The SMILES string of the molecule is COc1c(OC[C@@H]2CC3CC3N2C)cc2c(N[C@H](C)c3cccc(C(F)(F)C(C)(C)O)c3F)nc(C)nc2c1F. The van der Waals surface area contributed by atoms with Crippen molar-refractivity contribution >= 4 is 16.7 Å². The van der Waals surface area contributed by atoms with E-state index < -0.39 is 34.8 Å². The molecule has 7 nitrogen and oxygen atoms in total. The predicted molar refractivity (Wildman–Crippen MR) is 143 cm³/mol. The fourth-order valence-electron chi connectivity index (χ4n) is 5.59. The number of alkyl halides is 2. The molecule has 2 aliphatic rings. The molecule has 2 heterocycles.